The second-order valence-corrected chi connectivity index (χ2v) is 13.2. The van der Waals surface area contributed by atoms with Crippen LogP contribution in [0.2, 0.25) is 0 Å². The summed E-state index contributed by atoms with van der Waals surface area (Å²) in [5, 5.41) is 2.48. The summed E-state index contributed by atoms with van der Waals surface area (Å²) in [6, 6.07) is 56.2. The molecule has 0 fully saturated rings. The Bertz CT molecular complexity index is 2620. The first-order valence-corrected chi connectivity index (χ1v) is 17.3. The fourth-order valence-electron chi connectivity index (χ4n) is 7.96. The highest BCUT2D eigenvalue weighted by Gasteiger charge is 2.37. The summed E-state index contributed by atoms with van der Waals surface area (Å²) in [7, 11) is 0. The van der Waals surface area contributed by atoms with Crippen molar-refractivity contribution in [3.05, 3.63) is 193 Å². The molecule has 50 heavy (non-hydrogen) atoms. The van der Waals surface area contributed by atoms with Crippen LogP contribution in [0.5, 0.6) is 0 Å². The molecule has 8 aromatic rings. The number of quaternary nitrogens is 1. The molecule has 4 nitrogen and oxygen atoms in total. The molecule has 2 aromatic heterocycles. The summed E-state index contributed by atoms with van der Waals surface area (Å²) in [4.78, 5) is 12.1. The quantitative estimate of drug-likeness (QED) is 0.203. The molecule has 236 valence electrons. The first-order valence-electron chi connectivity index (χ1n) is 17.3. The molecule has 0 spiro atoms. The van der Waals surface area contributed by atoms with Gasteiger partial charge in [-0.25, -0.2) is 4.90 Å². The molecule has 2 aliphatic rings. The van der Waals surface area contributed by atoms with E-state index in [1.54, 1.807) is 0 Å². The van der Waals surface area contributed by atoms with Crippen molar-refractivity contribution in [1.29, 1.82) is 0 Å². The zero-order valence-corrected chi connectivity index (χ0v) is 27.4. The lowest BCUT2D eigenvalue weighted by atomic mass is 9.82. The number of hydrogen-bond donors (Lipinski definition) is 1. The fraction of sp³-hybridized carbons (Fsp3) is 0.0435. The van der Waals surface area contributed by atoms with Crippen LogP contribution < -0.4 is 4.90 Å². The topological polar surface area (TPSA) is 35.2 Å². The van der Waals surface area contributed by atoms with E-state index in [1.165, 1.54) is 50.0 Å². The molecule has 3 heterocycles. The highest BCUT2D eigenvalue weighted by molar-refractivity contribution is 6.05. The largest absolute Gasteiger partial charge is 0.338 e. The van der Waals surface area contributed by atoms with Crippen molar-refractivity contribution >= 4 is 50.3 Å². The van der Waals surface area contributed by atoms with E-state index in [4.69, 9.17) is 9.97 Å². The summed E-state index contributed by atoms with van der Waals surface area (Å²) < 4.78 is 2.24. The molecule has 2 unspecified atom stereocenters. The number of allylic oxidation sites excluding steroid dienone is 4. The first-order chi connectivity index (χ1) is 24.8. The van der Waals surface area contributed by atoms with Crippen molar-refractivity contribution in [3.63, 3.8) is 0 Å². The average molecular weight is 642 g/mol. The van der Waals surface area contributed by atoms with Gasteiger partial charge in [0.05, 0.1) is 22.2 Å². The second kappa shape index (κ2) is 11.7. The molecular weight excluding hydrogens is 609 g/mol. The number of aromatic nitrogens is 3. The number of fused-ring (bicyclic) bond motifs is 6. The molecule has 1 aliphatic carbocycles. The summed E-state index contributed by atoms with van der Waals surface area (Å²) in [6.07, 6.45) is 7.84. The van der Waals surface area contributed by atoms with E-state index in [0.29, 0.717) is 0 Å². The maximum Gasteiger partial charge on any atom is 0.338 e. The molecular formula is C46H33N4+. The number of nitrogens with zero attached hydrogens (tertiary/aromatic N) is 3. The van der Waals surface area contributed by atoms with Crippen LogP contribution in [0.4, 0.5) is 17.3 Å². The smallest absolute Gasteiger partial charge is 0.313 e. The maximum atomic E-state index is 5.62. The van der Waals surface area contributed by atoms with E-state index < -0.39 is 0 Å². The Labute approximate surface area is 290 Å². The van der Waals surface area contributed by atoms with Gasteiger partial charge in [0.15, 0.2) is 11.4 Å². The molecule has 0 saturated heterocycles. The maximum absolute atomic E-state index is 5.62. The monoisotopic (exact) mass is 641 g/mol. The zero-order valence-electron chi connectivity index (χ0n) is 27.4. The van der Waals surface area contributed by atoms with E-state index in [2.05, 4.69) is 181 Å². The van der Waals surface area contributed by atoms with Gasteiger partial charge in [0, 0.05) is 29.9 Å². The van der Waals surface area contributed by atoms with Crippen LogP contribution in [0.3, 0.4) is 0 Å². The van der Waals surface area contributed by atoms with Crippen LogP contribution in [0.1, 0.15) is 29.2 Å². The molecule has 0 radical (unpaired) electrons. The van der Waals surface area contributed by atoms with E-state index in [-0.39, 0.29) is 5.92 Å². The minimum atomic E-state index is 0.201. The summed E-state index contributed by atoms with van der Waals surface area (Å²) in [6.45, 7) is 0. The van der Waals surface area contributed by atoms with Crippen LogP contribution in [-0.2, 0) is 0 Å². The molecule has 1 N–H and O–H groups in total. The molecule has 4 heteroatoms. The van der Waals surface area contributed by atoms with Crippen molar-refractivity contribution in [2.45, 2.75) is 12.3 Å². The molecule has 0 saturated carbocycles. The Morgan fingerprint density at radius 2 is 1.34 bits per heavy atom. The van der Waals surface area contributed by atoms with Crippen LogP contribution in [0.15, 0.2) is 176 Å². The standard InChI is InChI=1S/C46H32N4/c1-4-14-31(15-5-1)34-28-35(32-16-6-2-7-17-32)30-36(29-34)44-45-40(26-27-49(45)37-19-8-3-9-20-37)47-46(48-44)50-41-23-13-12-22-39(41)43-38-21-11-10-18-33(38)24-25-42(43)50/h1-27,29-30,34H,28H2/p+1. The van der Waals surface area contributed by atoms with Gasteiger partial charge in [-0.2, -0.15) is 9.97 Å². The normalized spacial score (nSPS) is 16.6. The van der Waals surface area contributed by atoms with Gasteiger partial charge in [-0.15, -0.1) is 0 Å². The minimum Gasteiger partial charge on any atom is -0.313 e. The first kappa shape index (κ1) is 28.6. The minimum absolute atomic E-state index is 0.201. The van der Waals surface area contributed by atoms with Gasteiger partial charge in [0.25, 0.3) is 0 Å². The average Bonchev–Trinajstić information content (AvgIpc) is 3.78. The van der Waals surface area contributed by atoms with E-state index >= 15 is 0 Å². The summed E-state index contributed by atoms with van der Waals surface area (Å²) >= 11 is 0. The third-order valence-corrected chi connectivity index (χ3v) is 10.3. The Kier molecular flexibility index (Phi) is 6.68. The second-order valence-electron chi connectivity index (χ2n) is 13.2. The highest BCUT2D eigenvalue weighted by atomic mass is 15.3. The fourth-order valence-corrected chi connectivity index (χ4v) is 7.96. The number of hydrogen-bond acceptors (Lipinski definition) is 2. The van der Waals surface area contributed by atoms with Gasteiger partial charge in [0.2, 0.25) is 0 Å². The van der Waals surface area contributed by atoms with Crippen molar-refractivity contribution in [3.8, 4) is 16.8 Å². The SMILES string of the molecule is C1=C(c2ccccc2)CC(c2ccccc2)C=C1c1nc([NH+]2c3ccccc3-c3c2ccc2ccccc32)nc2ccn(-c3ccccc3)c12. The van der Waals surface area contributed by atoms with Gasteiger partial charge in [-0.1, -0.05) is 121 Å². The molecule has 2 atom stereocenters. The van der Waals surface area contributed by atoms with Crippen LogP contribution in [0.25, 0.3) is 49.8 Å². The van der Waals surface area contributed by atoms with Gasteiger partial charge in [-0.05, 0) is 75.9 Å². The van der Waals surface area contributed by atoms with Crippen molar-refractivity contribution < 1.29 is 4.90 Å². The molecule has 0 bridgehead atoms. The molecule has 1 aliphatic heterocycles. The lowest BCUT2D eigenvalue weighted by Crippen LogP contribution is -2.96. The van der Waals surface area contributed by atoms with Crippen molar-refractivity contribution in [1.82, 2.24) is 14.5 Å². The van der Waals surface area contributed by atoms with Gasteiger partial charge < -0.3 is 4.57 Å². The molecule has 6 aromatic carbocycles. The van der Waals surface area contributed by atoms with Gasteiger partial charge >= 0.3 is 5.95 Å². The third kappa shape index (κ3) is 4.65. The van der Waals surface area contributed by atoms with Crippen molar-refractivity contribution in [2.24, 2.45) is 0 Å². The predicted octanol–water partition coefficient (Wildman–Crippen LogP) is 10.4. The summed E-state index contributed by atoms with van der Waals surface area (Å²) in [5.41, 5.74) is 13.7. The number of nitrogens with one attached hydrogen (secondary N) is 1. The number of benzene rings is 6. The van der Waals surface area contributed by atoms with E-state index in [1.807, 2.05) is 0 Å². The number of rotatable bonds is 5. The molecule has 0 amide bonds. The lowest BCUT2D eigenvalue weighted by Gasteiger charge is -2.23. The number of para-hydroxylation sites is 2. The zero-order chi connectivity index (χ0) is 33.0. The van der Waals surface area contributed by atoms with E-state index in [0.717, 1.165) is 45.3 Å². The predicted molar refractivity (Wildman–Crippen MR) is 204 cm³/mol. The van der Waals surface area contributed by atoms with Crippen LogP contribution >= 0.6 is 0 Å². The van der Waals surface area contributed by atoms with Crippen LogP contribution in [0, 0.1) is 0 Å². The molecule has 10 rings (SSSR count). The van der Waals surface area contributed by atoms with E-state index in [9.17, 15) is 0 Å². The Morgan fingerprint density at radius 1 is 0.620 bits per heavy atom. The van der Waals surface area contributed by atoms with Gasteiger partial charge in [-0.3, -0.25) is 0 Å². The Balaban J connectivity index is 1.24. The highest BCUT2D eigenvalue weighted by Crippen LogP contribution is 2.44. The van der Waals surface area contributed by atoms with Crippen molar-refractivity contribution in [2.75, 3.05) is 0 Å². The third-order valence-electron chi connectivity index (χ3n) is 10.3. The summed E-state index contributed by atoms with van der Waals surface area (Å²) in [5.74, 6) is 0.948. The van der Waals surface area contributed by atoms with Crippen LogP contribution in [-0.4, -0.2) is 14.5 Å². The Hall–Kier alpha value is -6.36. The van der Waals surface area contributed by atoms with Gasteiger partial charge in [0.1, 0.15) is 5.69 Å². The Morgan fingerprint density at radius 3 is 2.18 bits per heavy atom. The lowest BCUT2D eigenvalue weighted by molar-refractivity contribution is -0.683.